The average Bonchev–Trinajstić information content (AvgIpc) is 3.49. The van der Waals surface area contributed by atoms with Gasteiger partial charge in [0.05, 0.1) is 26.1 Å². The van der Waals surface area contributed by atoms with E-state index in [-0.39, 0.29) is 34.9 Å². The lowest BCUT2D eigenvalue weighted by Gasteiger charge is -2.29. The normalized spacial score (nSPS) is 20.8. The highest BCUT2D eigenvalue weighted by atomic mass is 16.6. The van der Waals surface area contributed by atoms with Gasteiger partial charge in [-0.2, -0.15) is 5.26 Å². The third-order valence-corrected chi connectivity index (χ3v) is 8.00. The Morgan fingerprint density at radius 2 is 2.02 bits per heavy atom. The lowest BCUT2D eigenvalue weighted by molar-refractivity contribution is -0.143. The third-order valence-electron chi connectivity index (χ3n) is 8.00. The van der Waals surface area contributed by atoms with Crippen LogP contribution in [-0.2, 0) is 20.8 Å². The van der Waals surface area contributed by atoms with Crippen molar-refractivity contribution in [2.24, 2.45) is 0 Å². The zero-order chi connectivity index (χ0) is 32.8. The minimum absolute atomic E-state index is 0.0138. The molecule has 0 amide bonds. The molecule has 0 radical (unpaired) electrons. The molecule has 5 rings (SSSR count). The highest BCUT2D eigenvalue weighted by Gasteiger charge is 2.54. The number of esters is 1. The summed E-state index contributed by atoms with van der Waals surface area (Å²) in [7, 11) is 0. The minimum atomic E-state index is -1.90. The molecule has 0 aliphatic carbocycles. The van der Waals surface area contributed by atoms with Crippen LogP contribution < -0.4 is 15.6 Å². The van der Waals surface area contributed by atoms with Crippen molar-refractivity contribution in [3.8, 4) is 22.9 Å². The van der Waals surface area contributed by atoms with Gasteiger partial charge in [0.25, 0.3) is 5.56 Å². The summed E-state index contributed by atoms with van der Waals surface area (Å²) in [6.07, 6.45) is -1.11. The maximum Gasteiger partial charge on any atom is 0.305 e. The summed E-state index contributed by atoms with van der Waals surface area (Å²) in [6.45, 7) is 3.45. The fraction of sp³-hybridized carbons (Fsp3) is 0.394. The summed E-state index contributed by atoms with van der Waals surface area (Å²) in [5.74, 6) is 0.529. The molecule has 2 aromatic carbocycles. The van der Waals surface area contributed by atoms with E-state index in [1.807, 2.05) is 48.5 Å². The van der Waals surface area contributed by atoms with E-state index in [9.17, 15) is 30.2 Å². The molecule has 13 heteroatoms. The third kappa shape index (κ3) is 6.47. The number of H-pyrrole nitrogens is 1. The maximum absolute atomic E-state index is 12.9. The zero-order valence-corrected chi connectivity index (χ0v) is 25.6. The first-order valence-electron chi connectivity index (χ1n) is 15.1. The molecule has 5 N–H and O–H groups in total. The van der Waals surface area contributed by atoms with Gasteiger partial charge < -0.3 is 39.8 Å². The van der Waals surface area contributed by atoms with Crippen LogP contribution in [0, 0.1) is 11.3 Å². The van der Waals surface area contributed by atoms with Crippen LogP contribution in [0.15, 0.2) is 59.7 Å². The molecule has 4 aromatic rings. The number of fused-ring (bicyclic) bond motifs is 1. The van der Waals surface area contributed by atoms with Crippen LogP contribution in [0.5, 0.6) is 5.75 Å². The second kappa shape index (κ2) is 14.1. The highest BCUT2D eigenvalue weighted by Crippen LogP contribution is 2.43. The van der Waals surface area contributed by atoms with E-state index in [2.05, 4.69) is 21.4 Å². The van der Waals surface area contributed by atoms with Gasteiger partial charge in [0.1, 0.15) is 46.4 Å². The Hall–Kier alpha value is -4.74. The van der Waals surface area contributed by atoms with E-state index < -0.39 is 36.2 Å². The second-order valence-corrected chi connectivity index (χ2v) is 11.2. The quantitative estimate of drug-likeness (QED) is 0.108. The smallest absolute Gasteiger partial charge is 0.305 e. The molecule has 1 aliphatic heterocycles. The number of aromatic nitrogens is 3. The first kappa shape index (κ1) is 32.6. The number of unbranched alkanes of at least 4 members (excludes halogenated alkanes) is 1. The molecule has 0 spiro atoms. The summed E-state index contributed by atoms with van der Waals surface area (Å²) in [6, 6.07) is 17.5. The lowest BCUT2D eigenvalue weighted by atomic mass is 9.96. The Kier molecular flexibility index (Phi) is 10.0. The van der Waals surface area contributed by atoms with Gasteiger partial charge in [0.2, 0.25) is 0 Å². The molecule has 1 saturated heterocycles. The Bertz CT molecular complexity index is 1780. The van der Waals surface area contributed by atoms with Gasteiger partial charge in [0.15, 0.2) is 11.9 Å². The summed E-state index contributed by atoms with van der Waals surface area (Å²) >= 11 is 0. The molecule has 0 saturated carbocycles. The summed E-state index contributed by atoms with van der Waals surface area (Å²) in [4.78, 5) is 31.3. The van der Waals surface area contributed by atoms with E-state index in [4.69, 9.17) is 14.2 Å². The van der Waals surface area contributed by atoms with Crippen LogP contribution in [0.3, 0.4) is 0 Å². The van der Waals surface area contributed by atoms with E-state index >= 15 is 0 Å². The number of nitriles is 1. The number of nitrogens with one attached hydrogen (secondary N) is 2. The number of aromatic amines is 1. The van der Waals surface area contributed by atoms with E-state index in [0.717, 1.165) is 16.7 Å². The Balaban J connectivity index is 1.46. The second-order valence-electron chi connectivity index (χ2n) is 11.2. The molecule has 2 aromatic heterocycles. The molecule has 1 fully saturated rings. The number of hydrogen-bond acceptors (Lipinski definition) is 11. The number of rotatable bonds is 13. The summed E-state index contributed by atoms with van der Waals surface area (Å²) < 4.78 is 18.4. The van der Waals surface area contributed by atoms with Crippen LogP contribution >= 0.6 is 0 Å². The van der Waals surface area contributed by atoms with E-state index in [0.29, 0.717) is 38.2 Å². The molecule has 4 atom stereocenters. The van der Waals surface area contributed by atoms with Crippen molar-refractivity contribution < 1.29 is 34.3 Å². The van der Waals surface area contributed by atoms with Gasteiger partial charge in [-0.05, 0) is 43.9 Å². The van der Waals surface area contributed by atoms with Gasteiger partial charge in [-0.25, -0.2) is 4.98 Å². The number of aliphatic hydroxyl groups is 3. The Morgan fingerprint density at radius 1 is 1.24 bits per heavy atom. The predicted octanol–water partition coefficient (Wildman–Crippen LogP) is 2.99. The number of benzene rings is 2. The van der Waals surface area contributed by atoms with Crippen molar-refractivity contribution in [3.63, 3.8) is 0 Å². The standard InChI is InChI=1S/C33H37N5O8/c1-3-44-26(40)11-7-8-14-45-24-15-20(12-13-22(24)21-9-5-4-6-10-21)17-35-29-23(16-34)27-30(36-19-37-31(27)42)38(29)32-33(2,43)28(41)25(18-39)46-32/h4-6,9-10,12-13,15,19,25,28,32,35,39,41,43H,3,7-8,11,14,17-18H2,1-2H3,(H,36,37,42)/t25?,28-,32?,33-/m1/s1. The number of aliphatic hydroxyl groups excluding tert-OH is 2. The first-order valence-corrected chi connectivity index (χ1v) is 15.1. The molecule has 13 nitrogen and oxygen atoms in total. The average molecular weight is 632 g/mol. The fourth-order valence-electron chi connectivity index (χ4n) is 5.64. The SMILES string of the molecule is CCOC(=O)CCCCOc1cc(CNc2c(C#N)c3c(=O)[nH]cnc3n2C2OC(CO)[C@@H](O)[C@@]2(C)O)ccc1-c1ccccc1. The van der Waals surface area contributed by atoms with Crippen LogP contribution in [-0.4, -0.2) is 73.5 Å². The van der Waals surface area contributed by atoms with Gasteiger partial charge in [-0.15, -0.1) is 0 Å². The van der Waals surface area contributed by atoms with Crippen molar-refractivity contribution in [2.75, 3.05) is 25.1 Å². The van der Waals surface area contributed by atoms with Gasteiger partial charge >= 0.3 is 5.97 Å². The number of carbonyl (C=O) groups excluding carboxylic acids is 1. The number of ether oxygens (including phenoxy) is 3. The van der Waals surface area contributed by atoms with Crippen molar-refractivity contribution >= 4 is 22.8 Å². The fourth-order valence-corrected chi connectivity index (χ4v) is 5.64. The zero-order valence-electron chi connectivity index (χ0n) is 25.6. The van der Waals surface area contributed by atoms with E-state index in [1.54, 1.807) is 6.92 Å². The summed E-state index contributed by atoms with van der Waals surface area (Å²) in [5.41, 5.74) is 0.172. The van der Waals surface area contributed by atoms with Gasteiger partial charge in [-0.3, -0.25) is 14.2 Å². The molecular weight excluding hydrogens is 594 g/mol. The molecule has 2 unspecified atom stereocenters. The van der Waals surface area contributed by atoms with Crippen molar-refractivity contribution in [1.82, 2.24) is 14.5 Å². The molecule has 3 heterocycles. The predicted molar refractivity (Wildman–Crippen MR) is 168 cm³/mol. The van der Waals surface area contributed by atoms with E-state index in [1.165, 1.54) is 17.8 Å². The highest BCUT2D eigenvalue weighted by molar-refractivity contribution is 5.89. The first-order chi connectivity index (χ1) is 22.2. The molecule has 242 valence electrons. The van der Waals surface area contributed by atoms with Gasteiger partial charge in [-0.1, -0.05) is 42.5 Å². The molecule has 46 heavy (non-hydrogen) atoms. The molecular formula is C33H37N5O8. The Labute approximate surface area is 265 Å². The number of nitrogens with zero attached hydrogens (tertiary/aromatic N) is 3. The number of hydrogen-bond donors (Lipinski definition) is 5. The maximum atomic E-state index is 12.9. The topological polar surface area (TPSA) is 192 Å². The summed E-state index contributed by atoms with van der Waals surface area (Å²) in [5, 5.41) is 45.1. The van der Waals surface area contributed by atoms with Crippen LogP contribution in [0.2, 0.25) is 0 Å². The largest absolute Gasteiger partial charge is 0.493 e. The lowest BCUT2D eigenvalue weighted by Crippen LogP contribution is -2.44. The van der Waals surface area contributed by atoms with Crippen molar-refractivity contribution in [2.45, 2.75) is 63.7 Å². The van der Waals surface area contributed by atoms with Crippen LogP contribution in [0.25, 0.3) is 22.2 Å². The van der Waals surface area contributed by atoms with Gasteiger partial charge in [0, 0.05) is 18.5 Å². The minimum Gasteiger partial charge on any atom is -0.493 e. The van der Waals surface area contributed by atoms with Crippen molar-refractivity contribution in [3.05, 3.63) is 76.3 Å². The Morgan fingerprint density at radius 3 is 2.72 bits per heavy atom. The number of carbonyl (C=O) groups is 1. The molecule has 0 bridgehead atoms. The monoisotopic (exact) mass is 631 g/mol. The molecule has 1 aliphatic rings. The van der Waals surface area contributed by atoms with Crippen molar-refractivity contribution in [1.29, 1.82) is 5.26 Å². The van der Waals surface area contributed by atoms with Crippen LogP contribution in [0.1, 0.15) is 50.5 Å². The number of anilines is 1. The van der Waals surface area contributed by atoms with Crippen LogP contribution in [0.4, 0.5) is 5.82 Å².